The zero-order valence-electron chi connectivity index (χ0n) is 17.8. The summed E-state index contributed by atoms with van der Waals surface area (Å²) in [5.41, 5.74) is 3.08. The van der Waals surface area contributed by atoms with E-state index in [1.165, 1.54) is 5.56 Å². The molecule has 0 saturated heterocycles. The maximum atomic E-state index is 10.1. The molecular formula is C26H28O5. The number of rotatable bonds is 5. The summed E-state index contributed by atoms with van der Waals surface area (Å²) >= 11 is 0. The van der Waals surface area contributed by atoms with Crippen LogP contribution in [0.2, 0.25) is 0 Å². The third-order valence-electron chi connectivity index (χ3n) is 6.67. The minimum Gasteiger partial charge on any atom is -0.508 e. The highest BCUT2D eigenvalue weighted by Crippen LogP contribution is 2.51. The van der Waals surface area contributed by atoms with Crippen LogP contribution < -0.4 is 9.47 Å². The number of aromatic hydroxyl groups is 3. The van der Waals surface area contributed by atoms with Crippen LogP contribution in [0.25, 0.3) is 0 Å². The van der Waals surface area contributed by atoms with Crippen molar-refractivity contribution in [2.24, 2.45) is 0 Å². The molecule has 3 N–H and O–H groups in total. The van der Waals surface area contributed by atoms with Gasteiger partial charge in [0.05, 0.1) is 14.2 Å². The maximum absolute atomic E-state index is 10.1. The van der Waals surface area contributed by atoms with E-state index in [9.17, 15) is 15.3 Å². The number of benzene rings is 3. The van der Waals surface area contributed by atoms with E-state index in [-0.39, 0.29) is 22.7 Å². The van der Waals surface area contributed by atoms with E-state index in [0.717, 1.165) is 36.8 Å². The zero-order valence-corrected chi connectivity index (χ0v) is 17.8. The molecule has 0 unspecified atom stereocenters. The first-order chi connectivity index (χ1) is 15.0. The Hall–Kier alpha value is -3.34. The number of methoxy groups -OCH3 is 2. The molecule has 1 fully saturated rings. The summed E-state index contributed by atoms with van der Waals surface area (Å²) in [5, 5.41) is 29.9. The van der Waals surface area contributed by atoms with Gasteiger partial charge in [-0.2, -0.15) is 0 Å². The SMILES string of the molecule is COc1cc(C2(c3ccc(O)c(OC)c3)CCC(c3ccc(O)cc3)CC2)ccc1O. The van der Waals surface area contributed by atoms with Crippen LogP contribution in [0, 0.1) is 0 Å². The zero-order chi connectivity index (χ0) is 22.0. The first-order valence-electron chi connectivity index (χ1n) is 10.5. The second-order valence-electron chi connectivity index (χ2n) is 8.22. The Morgan fingerprint density at radius 3 is 1.65 bits per heavy atom. The van der Waals surface area contributed by atoms with Crippen LogP contribution in [0.15, 0.2) is 60.7 Å². The van der Waals surface area contributed by atoms with Crippen molar-refractivity contribution >= 4 is 0 Å². The van der Waals surface area contributed by atoms with Gasteiger partial charge in [-0.3, -0.25) is 0 Å². The molecule has 5 heteroatoms. The summed E-state index contributed by atoms with van der Waals surface area (Å²) < 4.78 is 10.8. The third kappa shape index (κ3) is 3.88. The molecule has 1 saturated carbocycles. The van der Waals surface area contributed by atoms with Gasteiger partial charge in [-0.25, -0.2) is 0 Å². The Morgan fingerprint density at radius 2 is 1.19 bits per heavy atom. The molecule has 31 heavy (non-hydrogen) atoms. The van der Waals surface area contributed by atoms with E-state index in [2.05, 4.69) is 0 Å². The van der Waals surface area contributed by atoms with Gasteiger partial charge in [-0.15, -0.1) is 0 Å². The number of hydrogen-bond donors (Lipinski definition) is 3. The van der Waals surface area contributed by atoms with Crippen LogP contribution in [-0.2, 0) is 5.41 Å². The van der Waals surface area contributed by atoms with Crippen LogP contribution in [0.5, 0.6) is 28.7 Å². The molecule has 5 nitrogen and oxygen atoms in total. The molecular weight excluding hydrogens is 392 g/mol. The highest BCUT2D eigenvalue weighted by molar-refractivity contribution is 5.52. The van der Waals surface area contributed by atoms with Crippen LogP contribution in [0.3, 0.4) is 0 Å². The highest BCUT2D eigenvalue weighted by Gasteiger charge is 2.39. The van der Waals surface area contributed by atoms with Crippen molar-refractivity contribution in [2.75, 3.05) is 14.2 Å². The Labute approximate surface area is 182 Å². The van der Waals surface area contributed by atoms with Gasteiger partial charge in [0.1, 0.15) is 5.75 Å². The van der Waals surface area contributed by atoms with E-state index >= 15 is 0 Å². The third-order valence-corrected chi connectivity index (χ3v) is 6.67. The Morgan fingerprint density at radius 1 is 0.710 bits per heavy atom. The van der Waals surface area contributed by atoms with Crippen LogP contribution in [0.1, 0.15) is 48.3 Å². The second-order valence-corrected chi connectivity index (χ2v) is 8.22. The Bertz CT molecular complexity index is 994. The molecule has 0 heterocycles. The van der Waals surface area contributed by atoms with Crippen molar-refractivity contribution in [2.45, 2.75) is 37.0 Å². The van der Waals surface area contributed by atoms with E-state index < -0.39 is 0 Å². The van der Waals surface area contributed by atoms with Gasteiger partial charge in [-0.05, 0) is 84.7 Å². The van der Waals surface area contributed by atoms with Crippen molar-refractivity contribution in [1.82, 2.24) is 0 Å². The number of hydrogen-bond acceptors (Lipinski definition) is 5. The smallest absolute Gasteiger partial charge is 0.160 e. The molecule has 0 aromatic heterocycles. The average molecular weight is 421 g/mol. The van der Waals surface area contributed by atoms with Crippen molar-refractivity contribution < 1.29 is 24.8 Å². The fourth-order valence-electron chi connectivity index (χ4n) is 4.89. The van der Waals surface area contributed by atoms with Gasteiger partial charge < -0.3 is 24.8 Å². The normalized spacial score (nSPS) is 16.1. The molecule has 1 aliphatic rings. The molecule has 0 radical (unpaired) electrons. The summed E-state index contributed by atoms with van der Waals surface area (Å²) in [6.45, 7) is 0. The molecule has 3 aromatic rings. The van der Waals surface area contributed by atoms with E-state index in [1.54, 1.807) is 38.5 Å². The van der Waals surface area contributed by atoms with E-state index in [4.69, 9.17) is 9.47 Å². The molecule has 0 atom stereocenters. The van der Waals surface area contributed by atoms with Gasteiger partial charge in [0, 0.05) is 5.41 Å². The quantitative estimate of drug-likeness (QED) is 0.510. The van der Waals surface area contributed by atoms with Gasteiger partial charge in [0.2, 0.25) is 0 Å². The highest BCUT2D eigenvalue weighted by atomic mass is 16.5. The standard InChI is InChI=1S/C26H28O5/c1-30-24-15-19(5-9-22(24)28)26(20-6-10-23(29)25(16-20)31-2)13-11-18(12-14-26)17-3-7-21(27)8-4-17/h3-10,15-16,18,27-29H,11-14H2,1-2H3. The molecule has 3 aromatic carbocycles. The van der Waals surface area contributed by atoms with Crippen LogP contribution in [0.4, 0.5) is 0 Å². The molecule has 0 aliphatic heterocycles. The van der Waals surface area contributed by atoms with Crippen molar-refractivity contribution in [3.8, 4) is 28.7 Å². The predicted octanol–water partition coefficient (Wildman–Crippen LogP) is 5.46. The molecule has 0 bridgehead atoms. The Kier molecular flexibility index (Phi) is 5.68. The van der Waals surface area contributed by atoms with Gasteiger partial charge in [-0.1, -0.05) is 24.3 Å². The Balaban J connectivity index is 1.75. The monoisotopic (exact) mass is 420 g/mol. The summed E-state index contributed by atoms with van der Waals surface area (Å²) in [7, 11) is 3.10. The molecule has 1 aliphatic carbocycles. The van der Waals surface area contributed by atoms with Crippen molar-refractivity contribution in [1.29, 1.82) is 0 Å². The average Bonchev–Trinajstić information content (AvgIpc) is 2.80. The first-order valence-corrected chi connectivity index (χ1v) is 10.5. The lowest BCUT2D eigenvalue weighted by molar-refractivity contribution is 0.309. The molecule has 0 spiro atoms. The maximum Gasteiger partial charge on any atom is 0.160 e. The topological polar surface area (TPSA) is 79.2 Å². The van der Waals surface area contributed by atoms with Gasteiger partial charge in [0.15, 0.2) is 23.0 Å². The lowest BCUT2D eigenvalue weighted by atomic mass is 9.62. The first kappa shape index (κ1) is 20.9. The van der Waals surface area contributed by atoms with Crippen LogP contribution in [-0.4, -0.2) is 29.5 Å². The summed E-state index contributed by atoms with van der Waals surface area (Å²) in [6.07, 6.45) is 3.72. The number of phenols is 3. The number of phenolic OH excluding ortho intramolecular Hbond substituents is 3. The lowest BCUT2D eigenvalue weighted by Crippen LogP contribution is -2.32. The van der Waals surface area contributed by atoms with Gasteiger partial charge >= 0.3 is 0 Å². The second kappa shape index (κ2) is 8.42. The molecule has 162 valence electrons. The largest absolute Gasteiger partial charge is 0.508 e. The summed E-state index contributed by atoms with van der Waals surface area (Å²) in [5.74, 6) is 1.81. The van der Waals surface area contributed by atoms with Gasteiger partial charge in [0.25, 0.3) is 0 Å². The summed E-state index contributed by atoms with van der Waals surface area (Å²) in [4.78, 5) is 0. The minimum absolute atomic E-state index is 0.113. The fourth-order valence-corrected chi connectivity index (χ4v) is 4.89. The van der Waals surface area contributed by atoms with E-state index in [0.29, 0.717) is 17.4 Å². The lowest BCUT2D eigenvalue weighted by Gasteiger charge is -2.42. The summed E-state index contributed by atoms with van der Waals surface area (Å²) in [6, 6.07) is 18.6. The van der Waals surface area contributed by atoms with Crippen molar-refractivity contribution in [3.63, 3.8) is 0 Å². The fraction of sp³-hybridized carbons (Fsp3) is 0.308. The van der Waals surface area contributed by atoms with Crippen LogP contribution >= 0.6 is 0 Å². The predicted molar refractivity (Wildman–Crippen MR) is 119 cm³/mol. The molecule has 4 rings (SSSR count). The van der Waals surface area contributed by atoms with Crippen molar-refractivity contribution in [3.05, 3.63) is 77.4 Å². The van der Waals surface area contributed by atoms with E-state index in [1.807, 2.05) is 36.4 Å². The number of ether oxygens (including phenoxy) is 2. The minimum atomic E-state index is -0.296. The molecule has 0 amide bonds.